The largest absolute Gasteiger partial charge is 0.495 e. The molecule has 1 aromatic carbocycles. The summed E-state index contributed by atoms with van der Waals surface area (Å²) in [6.07, 6.45) is 1.76. The quantitative estimate of drug-likeness (QED) is 0.724. The molecule has 0 fully saturated rings. The fourth-order valence-corrected chi connectivity index (χ4v) is 2.89. The zero-order chi connectivity index (χ0) is 18.0. The number of rotatable bonds is 6. The highest BCUT2D eigenvalue weighted by Gasteiger charge is 2.15. The maximum Gasteiger partial charge on any atom is 0.229 e. The molecule has 0 saturated heterocycles. The van der Waals surface area contributed by atoms with E-state index < -0.39 is 0 Å². The first-order valence-electron chi connectivity index (χ1n) is 8.12. The predicted molar refractivity (Wildman–Crippen MR) is 101 cm³/mol. The molecule has 132 valence electrons. The summed E-state index contributed by atoms with van der Waals surface area (Å²) in [5, 5.41) is 9.02. The summed E-state index contributed by atoms with van der Waals surface area (Å²) in [6, 6.07) is 5.52. The van der Waals surface area contributed by atoms with E-state index in [9.17, 15) is 0 Å². The Morgan fingerprint density at radius 2 is 2.00 bits per heavy atom. The predicted octanol–water partition coefficient (Wildman–Crippen LogP) is 3.62. The third kappa shape index (κ3) is 3.32. The van der Waals surface area contributed by atoms with Gasteiger partial charge < -0.3 is 15.0 Å². The second-order valence-electron chi connectivity index (χ2n) is 5.52. The van der Waals surface area contributed by atoms with Gasteiger partial charge in [0.1, 0.15) is 11.6 Å². The van der Waals surface area contributed by atoms with Gasteiger partial charge in [-0.25, -0.2) is 0 Å². The minimum absolute atomic E-state index is 0.535. The Balaban J connectivity index is 2.06. The number of fused-ring (bicyclic) bond motifs is 1. The SMILES string of the molecule is CCN(CC)c1nc(Nc2ccc(OC)c(Cl)c2)c2cnn(C)c2n1. The third-order valence-electron chi connectivity index (χ3n) is 4.04. The van der Waals surface area contributed by atoms with Crippen molar-refractivity contribution in [1.29, 1.82) is 0 Å². The second-order valence-corrected chi connectivity index (χ2v) is 5.93. The van der Waals surface area contributed by atoms with Gasteiger partial charge in [0.2, 0.25) is 5.95 Å². The van der Waals surface area contributed by atoms with Gasteiger partial charge in [-0.1, -0.05) is 11.6 Å². The van der Waals surface area contributed by atoms with Crippen LogP contribution in [0.3, 0.4) is 0 Å². The normalized spacial score (nSPS) is 10.9. The molecule has 0 saturated carbocycles. The summed E-state index contributed by atoms with van der Waals surface area (Å²) in [5.74, 6) is 2.00. The summed E-state index contributed by atoms with van der Waals surface area (Å²) in [5.41, 5.74) is 1.60. The number of anilines is 3. The van der Waals surface area contributed by atoms with Crippen LogP contribution in [-0.2, 0) is 7.05 Å². The fourth-order valence-electron chi connectivity index (χ4n) is 2.63. The molecule has 0 aliphatic heterocycles. The summed E-state index contributed by atoms with van der Waals surface area (Å²) >= 11 is 6.22. The van der Waals surface area contributed by atoms with Gasteiger partial charge in [-0.05, 0) is 32.0 Å². The molecule has 2 aromatic heterocycles. The van der Waals surface area contributed by atoms with Crippen LogP contribution < -0.4 is 15.0 Å². The van der Waals surface area contributed by atoms with Crippen molar-refractivity contribution in [2.24, 2.45) is 7.05 Å². The molecule has 0 aliphatic carbocycles. The molecule has 0 unspecified atom stereocenters. The van der Waals surface area contributed by atoms with Gasteiger partial charge in [0.15, 0.2) is 5.65 Å². The lowest BCUT2D eigenvalue weighted by Crippen LogP contribution is -2.24. The number of ether oxygens (including phenoxy) is 1. The Labute approximate surface area is 151 Å². The Morgan fingerprint density at radius 1 is 1.24 bits per heavy atom. The van der Waals surface area contributed by atoms with E-state index in [1.54, 1.807) is 18.0 Å². The number of aryl methyl sites for hydroxylation is 1. The highest BCUT2D eigenvalue weighted by molar-refractivity contribution is 6.32. The Bertz CT molecular complexity index is 890. The van der Waals surface area contributed by atoms with Gasteiger partial charge in [-0.2, -0.15) is 15.1 Å². The first-order chi connectivity index (χ1) is 12.1. The maximum absolute atomic E-state index is 6.22. The molecule has 0 radical (unpaired) electrons. The average molecular weight is 361 g/mol. The van der Waals surface area contributed by atoms with Crippen LogP contribution in [0.1, 0.15) is 13.8 Å². The molecular formula is C17H21ClN6O. The van der Waals surface area contributed by atoms with Crippen LogP contribution in [0.2, 0.25) is 5.02 Å². The lowest BCUT2D eigenvalue weighted by atomic mass is 10.3. The zero-order valence-electron chi connectivity index (χ0n) is 14.7. The van der Waals surface area contributed by atoms with Gasteiger partial charge in [0.25, 0.3) is 0 Å². The lowest BCUT2D eigenvalue weighted by Gasteiger charge is -2.19. The van der Waals surface area contributed by atoms with E-state index in [2.05, 4.69) is 34.1 Å². The van der Waals surface area contributed by atoms with Crippen molar-refractivity contribution >= 4 is 40.1 Å². The number of halogens is 1. The standard InChI is InChI=1S/C17H21ClN6O/c1-5-24(6-2)17-21-15(12-10-19-23(3)16(12)22-17)20-11-7-8-14(25-4)13(18)9-11/h7-10H,5-6H2,1-4H3,(H,20,21,22). The minimum atomic E-state index is 0.535. The van der Waals surface area contributed by atoms with Gasteiger partial charge in [0, 0.05) is 25.8 Å². The van der Waals surface area contributed by atoms with E-state index in [1.807, 2.05) is 25.2 Å². The second kappa shape index (κ2) is 7.14. The Kier molecular flexibility index (Phi) is 4.94. The smallest absolute Gasteiger partial charge is 0.229 e. The first kappa shape index (κ1) is 17.3. The van der Waals surface area contributed by atoms with E-state index in [4.69, 9.17) is 21.3 Å². The molecule has 3 aromatic rings. The first-order valence-corrected chi connectivity index (χ1v) is 8.50. The van der Waals surface area contributed by atoms with Crippen molar-refractivity contribution in [2.75, 3.05) is 30.4 Å². The highest BCUT2D eigenvalue weighted by Crippen LogP contribution is 2.31. The highest BCUT2D eigenvalue weighted by atomic mass is 35.5. The molecule has 0 aliphatic rings. The third-order valence-corrected chi connectivity index (χ3v) is 4.34. The Hall–Kier alpha value is -2.54. The number of nitrogens with zero attached hydrogens (tertiary/aromatic N) is 5. The van der Waals surface area contributed by atoms with E-state index >= 15 is 0 Å². The van der Waals surface area contributed by atoms with E-state index in [0.29, 0.717) is 22.5 Å². The van der Waals surface area contributed by atoms with Crippen LogP contribution in [0.5, 0.6) is 5.75 Å². The number of hydrogen-bond donors (Lipinski definition) is 1. The van der Waals surface area contributed by atoms with Gasteiger partial charge in [-0.3, -0.25) is 4.68 Å². The minimum Gasteiger partial charge on any atom is -0.495 e. The van der Waals surface area contributed by atoms with Crippen molar-refractivity contribution in [3.63, 3.8) is 0 Å². The maximum atomic E-state index is 6.22. The van der Waals surface area contributed by atoms with Crippen molar-refractivity contribution < 1.29 is 4.74 Å². The van der Waals surface area contributed by atoms with Crippen LogP contribution in [-0.4, -0.2) is 39.9 Å². The molecule has 2 heterocycles. The number of benzene rings is 1. The van der Waals surface area contributed by atoms with Gasteiger partial charge in [0.05, 0.1) is 23.7 Å². The summed E-state index contributed by atoms with van der Waals surface area (Å²) in [6.45, 7) is 5.81. The number of nitrogens with one attached hydrogen (secondary N) is 1. The van der Waals surface area contributed by atoms with Crippen LogP contribution in [0, 0.1) is 0 Å². The molecule has 0 spiro atoms. The van der Waals surface area contributed by atoms with E-state index in [-0.39, 0.29) is 0 Å². The van der Waals surface area contributed by atoms with Crippen molar-refractivity contribution in [3.05, 3.63) is 29.4 Å². The van der Waals surface area contributed by atoms with Crippen LogP contribution in [0.15, 0.2) is 24.4 Å². The lowest BCUT2D eigenvalue weighted by molar-refractivity contribution is 0.415. The molecule has 1 N–H and O–H groups in total. The number of aromatic nitrogens is 4. The molecule has 0 atom stereocenters. The summed E-state index contributed by atoms with van der Waals surface area (Å²) in [7, 11) is 3.46. The fraction of sp³-hybridized carbons (Fsp3) is 0.353. The topological polar surface area (TPSA) is 68.1 Å². The molecule has 7 nitrogen and oxygen atoms in total. The average Bonchev–Trinajstić information content (AvgIpc) is 2.98. The summed E-state index contributed by atoms with van der Waals surface area (Å²) < 4.78 is 6.94. The molecule has 0 bridgehead atoms. The van der Waals surface area contributed by atoms with Crippen molar-refractivity contribution in [1.82, 2.24) is 19.7 Å². The van der Waals surface area contributed by atoms with Crippen LogP contribution in [0.4, 0.5) is 17.5 Å². The van der Waals surface area contributed by atoms with E-state index in [1.165, 1.54) is 0 Å². The van der Waals surface area contributed by atoms with E-state index in [0.717, 1.165) is 29.8 Å². The molecule has 0 amide bonds. The molecule has 3 rings (SSSR count). The molecule has 25 heavy (non-hydrogen) atoms. The number of hydrogen-bond acceptors (Lipinski definition) is 6. The van der Waals surface area contributed by atoms with Crippen LogP contribution >= 0.6 is 11.6 Å². The monoisotopic (exact) mass is 360 g/mol. The van der Waals surface area contributed by atoms with Crippen molar-refractivity contribution in [3.8, 4) is 5.75 Å². The summed E-state index contributed by atoms with van der Waals surface area (Å²) in [4.78, 5) is 11.4. The Morgan fingerprint density at radius 3 is 2.64 bits per heavy atom. The van der Waals surface area contributed by atoms with Gasteiger partial charge in [-0.15, -0.1) is 0 Å². The van der Waals surface area contributed by atoms with Crippen molar-refractivity contribution in [2.45, 2.75) is 13.8 Å². The van der Waals surface area contributed by atoms with Crippen LogP contribution in [0.25, 0.3) is 11.0 Å². The molecule has 8 heteroatoms. The molecular weight excluding hydrogens is 340 g/mol. The van der Waals surface area contributed by atoms with Gasteiger partial charge >= 0.3 is 0 Å². The zero-order valence-corrected chi connectivity index (χ0v) is 15.5. The number of methoxy groups -OCH3 is 1.